The second-order valence-corrected chi connectivity index (χ2v) is 8.10. The van der Waals surface area contributed by atoms with E-state index in [0.717, 1.165) is 5.56 Å². The van der Waals surface area contributed by atoms with Gasteiger partial charge in [0.15, 0.2) is 9.84 Å². The van der Waals surface area contributed by atoms with Gasteiger partial charge in [0, 0.05) is 0 Å². The number of carbonyl (C=O) groups excluding carboxylic acids is 1. The van der Waals surface area contributed by atoms with Gasteiger partial charge in [0.05, 0.1) is 21.6 Å². The average molecular weight is 321 g/mol. The molecule has 4 nitrogen and oxygen atoms in total. The second kappa shape index (κ2) is 5.27. The van der Waals surface area contributed by atoms with Crippen molar-refractivity contribution in [3.63, 3.8) is 0 Å². The zero-order valence-electron chi connectivity index (χ0n) is 11.5. The molecule has 0 unspecified atom stereocenters. The molecule has 110 valence electrons. The Morgan fingerprint density at radius 2 is 2.05 bits per heavy atom. The van der Waals surface area contributed by atoms with Gasteiger partial charge in [0.2, 0.25) is 0 Å². The maximum Gasteiger partial charge on any atom is 0.262 e. The molecule has 1 atom stereocenters. The van der Waals surface area contributed by atoms with E-state index in [0.29, 0.717) is 21.8 Å². The first kappa shape index (κ1) is 14.3. The number of rotatable bonds is 2. The third-order valence-electron chi connectivity index (χ3n) is 3.68. The number of carbonyl (C=O) groups is 1. The molecule has 1 aliphatic heterocycles. The van der Waals surface area contributed by atoms with E-state index in [1.54, 1.807) is 24.3 Å². The van der Waals surface area contributed by atoms with Crippen molar-refractivity contribution < 1.29 is 13.2 Å². The lowest BCUT2D eigenvalue weighted by Crippen LogP contribution is -2.33. The topological polar surface area (TPSA) is 63.2 Å². The van der Waals surface area contributed by atoms with Crippen LogP contribution in [0, 0.1) is 6.92 Å². The van der Waals surface area contributed by atoms with E-state index in [1.165, 1.54) is 11.3 Å². The fourth-order valence-corrected chi connectivity index (χ4v) is 5.02. The average Bonchev–Trinajstić information content (AvgIpc) is 2.89. The van der Waals surface area contributed by atoms with E-state index in [9.17, 15) is 13.2 Å². The first-order valence-corrected chi connectivity index (χ1v) is 9.19. The van der Waals surface area contributed by atoms with Crippen LogP contribution in [0.15, 0.2) is 40.6 Å². The number of amides is 1. The number of aryl methyl sites for hydroxylation is 1. The number of fused-ring (bicyclic) bond motifs is 1. The van der Waals surface area contributed by atoms with Crippen molar-refractivity contribution in [2.45, 2.75) is 24.3 Å². The van der Waals surface area contributed by atoms with Gasteiger partial charge in [0.25, 0.3) is 5.91 Å². The summed E-state index contributed by atoms with van der Waals surface area (Å²) in [6, 6.07) is 8.55. The van der Waals surface area contributed by atoms with Gasteiger partial charge < -0.3 is 5.32 Å². The Morgan fingerprint density at radius 1 is 1.29 bits per heavy atom. The van der Waals surface area contributed by atoms with E-state index in [1.807, 2.05) is 18.4 Å². The maximum absolute atomic E-state index is 12.3. The number of thiophene rings is 1. The number of sulfone groups is 1. The molecule has 0 radical (unpaired) electrons. The van der Waals surface area contributed by atoms with Crippen LogP contribution < -0.4 is 5.32 Å². The summed E-state index contributed by atoms with van der Waals surface area (Å²) in [5, 5.41) is 4.84. The highest BCUT2D eigenvalue weighted by Gasteiger charge is 2.31. The Kier molecular flexibility index (Phi) is 3.59. The van der Waals surface area contributed by atoms with Crippen LogP contribution in [0.5, 0.6) is 0 Å². The second-order valence-electron chi connectivity index (χ2n) is 5.10. The van der Waals surface area contributed by atoms with Gasteiger partial charge >= 0.3 is 0 Å². The van der Waals surface area contributed by atoms with Gasteiger partial charge in [-0.3, -0.25) is 4.79 Å². The lowest BCUT2D eigenvalue weighted by atomic mass is 10.0. The van der Waals surface area contributed by atoms with Crippen LogP contribution in [0.25, 0.3) is 0 Å². The lowest BCUT2D eigenvalue weighted by Gasteiger charge is -2.26. The smallest absolute Gasteiger partial charge is 0.262 e. The SMILES string of the molecule is Cc1ccsc1C(=O)N[C@@H]1CCS(=O)(=O)c2ccccc21. The molecule has 2 heterocycles. The highest BCUT2D eigenvalue weighted by atomic mass is 32.2. The monoisotopic (exact) mass is 321 g/mol. The highest BCUT2D eigenvalue weighted by molar-refractivity contribution is 7.91. The standard InChI is InChI=1S/C15H15NO3S2/c1-10-6-8-20-14(10)15(17)16-12-7-9-21(18,19)13-5-3-2-4-11(12)13/h2-6,8,12H,7,9H2,1H3,(H,16,17)/t12-/m1/s1. The van der Waals surface area contributed by atoms with Gasteiger partial charge in [-0.1, -0.05) is 18.2 Å². The molecule has 0 bridgehead atoms. The first-order valence-electron chi connectivity index (χ1n) is 6.66. The van der Waals surface area contributed by atoms with Gasteiger partial charge in [-0.15, -0.1) is 11.3 Å². The summed E-state index contributed by atoms with van der Waals surface area (Å²) in [7, 11) is -3.22. The molecule has 1 aromatic carbocycles. The number of hydrogen-bond acceptors (Lipinski definition) is 4. The molecule has 1 aromatic heterocycles. The van der Waals surface area contributed by atoms with Crippen molar-refractivity contribution in [3.8, 4) is 0 Å². The van der Waals surface area contributed by atoms with Crippen LogP contribution in [0.1, 0.15) is 33.3 Å². The summed E-state index contributed by atoms with van der Waals surface area (Å²) in [6.07, 6.45) is 0.412. The van der Waals surface area contributed by atoms with E-state index in [-0.39, 0.29) is 17.7 Å². The van der Waals surface area contributed by atoms with Crippen LogP contribution in [-0.2, 0) is 9.84 Å². The van der Waals surface area contributed by atoms with Crippen LogP contribution in [0.3, 0.4) is 0 Å². The summed E-state index contributed by atoms with van der Waals surface area (Å²) in [6.45, 7) is 1.89. The minimum Gasteiger partial charge on any atom is -0.344 e. The van der Waals surface area contributed by atoms with Gasteiger partial charge in [0.1, 0.15) is 0 Å². The van der Waals surface area contributed by atoms with E-state index in [2.05, 4.69) is 5.32 Å². The zero-order valence-corrected chi connectivity index (χ0v) is 13.1. The van der Waals surface area contributed by atoms with Crippen LogP contribution in [0.4, 0.5) is 0 Å². The Morgan fingerprint density at radius 3 is 2.76 bits per heavy atom. The minimum absolute atomic E-state index is 0.0678. The van der Waals surface area contributed by atoms with Crippen molar-refractivity contribution in [1.29, 1.82) is 0 Å². The number of hydrogen-bond donors (Lipinski definition) is 1. The van der Waals surface area contributed by atoms with Crippen LogP contribution >= 0.6 is 11.3 Å². The summed E-state index contributed by atoms with van der Waals surface area (Å²) in [4.78, 5) is 13.3. The summed E-state index contributed by atoms with van der Waals surface area (Å²) >= 11 is 1.40. The fourth-order valence-electron chi connectivity index (χ4n) is 2.57. The first-order chi connectivity index (χ1) is 9.99. The van der Waals surface area contributed by atoms with Crippen molar-refractivity contribution >= 4 is 27.1 Å². The zero-order chi connectivity index (χ0) is 15.0. The molecular formula is C15H15NO3S2. The molecule has 1 N–H and O–H groups in total. The molecule has 0 saturated heterocycles. The molecule has 1 aliphatic rings. The van der Waals surface area contributed by atoms with Crippen LogP contribution in [0.2, 0.25) is 0 Å². The molecule has 0 fully saturated rings. The third-order valence-corrected chi connectivity index (χ3v) is 6.51. The van der Waals surface area contributed by atoms with E-state index < -0.39 is 9.84 Å². The molecule has 2 aromatic rings. The summed E-state index contributed by atoms with van der Waals surface area (Å²) in [5.74, 6) is -0.0696. The normalized spacial score (nSPS) is 19.8. The molecule has 0 spiro atoms. The Hall–Kier alpha value is -1.66. The maximum atomic E-state index is 12.3. The predicted octanol–water partition coefficient (Wildman–Crippen LogP) is 2.71. The quantitative estimate of drug-likeness (QED) is 0.925. The third kappa shape index (κ3) is 2.61. The fraction of sp³-hybridized carbons (Fsp3) is 0.267. The van der Waals surface area contributed by atoms with Crippen molar-refractivity contribution in [2.24, 2.45) is 0 Å². The molecule has 3 rings (SSSR count). The Balaban J connectivity index is 1.91. The van der Waals surface area contributed by atoms with Gasteiger partial charge in [-0.25, -0.2) is 8.42 Å². The molecule has 0 saturated carbocycles. The largest absolute Gasteiger partial charge is 0.344 e. The minimum atomic E-state index is -3.22. The van der Waals surface area contributed by atoms with Crippen molar-refractivity contribution in [1.82, 2.24) is 5.32 Å². The molecule has 6 heteroatoms. The van der Waals surface area contributed by atoms with Crippen molar-refractivity contribution in [2.75, 3.05) is 5.75 Å². The molecule has 1 amide bonds. The lowest BCUT2D eigenvalue weighted by molar-refractivity contribution is 0.0938. The molecule has 21 heavy (non-hydrogen) atoms. The number of nitrogens with one attached hydrogen (secondary N) is 1. The Labute approximate surface area is 127 Å². The molecule has 0 aliphatic carbocycles. The number of benzene rings is 1. The highest BCUT2D eigenvalue weighted by Crippen LogP contribution is 2.32. The van der Waals surface area contributed by atoms with Gasteiger partial charge in [-0.2, -0.15) is 0 Å². The van der Waals surface area contributed by atoms with Crippen molar-refractivity contribution in [3.05, 3.63) is 51.7 Å². The predicted molar refractivity (Wildman–Crippen MR) is 82.4 cm³/mol. The summed E-state index contributed by atoms with van der Waals surface area (Å²) < 4.78 is 24.2. The van der Waals surface area contributed by atoms with E-state index in [4.69, 9.17) is 0 Å². The van der Waals surface area contributed by atoms with Crippen LogP contribution in [-0.4, -0.2) is 20.1 Å². The van der Waals surface area contributed by atoms with E-state index >= 15 is 0 Å². The Bertz CT molecular complexity index is 793. The molecular weight excluding hydrogens is 306 g/mol. The van der Waals surface area contributed by atoms with Gasteiger partial charge in [-0.05, 0) is 42.0 Å². The summed E-state index contributed by atoms with van der Waals surface area (Å²) in [5.41, 5.74) is 1.63.